The highest BCUT2D eigenvalue weighted by Crippen LogP contribution is 2.25. The van der Waals surface area contributed by atoms with Crippen molar-refractivity contribution in [2.24, 2.45) is 0 Å². The molecule has 0 amide bonds. The van der Waals surface area contributed by atoms with Crippen LogP contribution in [-0.4, -0.2) is 45.6 Å². The van der Waals surface area contributed by atoms with Gasteiger partial charge in [0.25, 0.3) is 0 Å². The Labute approximate surface area is 114 Å². The van der Waals surface area contributed by atoms with Crippen molar-refractivity contribution in [1.29, 1.82) is 0 Å². The lowest BCUT2D eigenvalue weighted by Gasteiger charge is -2.38. The Morgan fingerprint density at radius 2 is 1.53 bits per heavy atom. The number of aliphatic hydroxyl groups is 1. The molecular formula is C12H20B2O5. The maximum absolute atomic E-state index is 10.0. The molecule has 104 valence electrons. The zero-order valence-corrected chi connectivity index (χ0v) is 11.7. The summed E-state index contributed by atoms with van der Waals surface area (Å²) >= 11 is 0. The van der Waals surface area contributed by atoms with E-state index in [9.17, 15) is 10.1 Å². The van der Waals surface area contributed by atoms with Crippen LogP contribution >= 0.6 is 0 Å². The van der Waals surface area contributed by atoms with E-state index in [0.717, 1.165) is 0 Å². The van der Waals surface area contributed by atoms with Crippen molar-refractivity contribution in [1.82, 2.24) is 0 Å². The molecule has 7 heteroatoms. The summed E-state index contributed by atoms with van der Waals surface area (Å²) in [5, 5.41) is 38.2. The van der Waals surface area contributed by atoms with E-state index in [1.54, 1.807) is 39.8 Å². The van der Waals surface area contributed by atoms with Crippen LogP contribution < -0.4 is 10.9 Å². The number of benzene rings is 1. The first-order valence-corrected chi connectivity index (χ1v) is 6.09. The summed E-state index contributed by atoms with van der Waals surface area (Å²) in [6.07, 6.45) is 0. The van der Waals surface area contributed by atoms with Crippen LogP contribution in [0.15, 0.2) is 24.3 Å². The van der Waals surface area contributed by atoms with E-state index in [-0.39, 0.29) is 5.46 Å². The van der Waals surface area contributed by atoms with E-state index in [0.29, 0.717) is 5.46 Å². The Morgan fingerprint density at radius 3 is 2.00 bits per heavy atom. The Morgan fingerprint density at radius 1 is 1.00 bits per heavy atom. The van der Waals surface area contributed by atoms with Gasteiger partial charge in [0.15, 0.2) is 0 Å². The van der Waals surface area contributed by atoms with Gasteiger partial charge in [0.1, 0.15) is 0 Å². The van der Waals surface area contributed by atoms with Crippen LogP contribution in [0.1, 0.15) is 27.7 Å². The van der Waals surface area contributed by atoms with Crippen molar-refractivity contribution in [2.45, 2.75) is 38.9 Å². The first-order chi connectivity index (χ1) is 8.54. The molecule has 1 aromatic rings. The van der Waals surface area contributed by atoms with Gasteiger partial charge in [-0.1, -0.05) is 24.3 Å². The summed E-state index contributed by atoms with van der Waals surface area (Å²) in [5.41, 5.74) is -1.45. The Bertz CT molecular complexity index is 428. The van der Waals surface area contributed by atoms with E-state index < -0.39 is 25.4 Å². The average Bonchev–Trinajstić information content (AvgIpc) is 2.27. The third-order valence-electron chi connectivity index (χ3n) is 3.37. The van der Waals surface area contributed by atoms with Crippen LogP contribution in [0.25, 0.3) is 0 Å². The van der Waals surface area contributed by atoms with Gasteiger partial charge >= 0.3 is 14.2 Å². The zero-order valence-electron chi connectivity index (χ0n) is 11.7. The highest BCUT2D eigenvalue weighted by atomic mass is 16.5. The molecule has 1 aromatic carbocycles. The van der Waals surface area contributed by atoms with Crippen molar-refractivity contribution in [3.63, 3.8) is 0 Å². The largest absolute Gasteiger partial charge is 0.491 e. The Hall–Kier alpha value is -0.850. The van der Waals surface area contributed by atoms with Crippen molar-refractivity contribution in [3.8, 4) is 0 Å². The standard InChI is InChI=1S/C12H20B2O5/c1-11(2,15)12(3,4)19-14(18)10-7-5-6-9(8-10)13(16)17/h5-8,15-18H,1-4H3. The fourth-order valence-corrected chi connectivity index (χ4v) is 1.36. The van der Waals surface area contributed by atoms with E-state index in [4.69, 9.17) is 14.7 Å². The van der Waals surface area contributed by atoms with Crippen LogP contribution in [0.5, 0.6) is 0 Å². The predicted molar refractivity (Wildman–Crippen MR) is 75.3 cm³/mol. The van der Waals surface area contributed by atoms with Gasteiger partial charge < -0.3 is 24.8 Å². The molecule has 5 nitrogen and oxygen atoms in total. The highest BCUT2D eigenvalue weighted by molar-refractivity contribution is 6.63. The summed E-state index contributed by atoms with van der Waals surface area (Å²) in [6.45, 7) is 6.52. The summed E-state index contributed by atoms with van der Waals surface area (Å²) < 4.78 is 5.47. The van der Waals surface area contributed by atoms with Gasteiger partial charge in [-0.15, -0.1) is 0 Å². The third kappa shape index (κ3) is 4.06. The lowest BCUT2D eigenvalue weighted by atomic mass is 9.71. The fourth-order valence-electron chi connectivity index (χ4n) is 1.36. The summed E-state index contributed by atoms with van der Waals surface area (Å²) in [7, 11) is -2.87. The minimum absolute atomic E-state index is 0.265. The molecule has 1 rings (SSSR count). The third-order valence-corrected chi connectivity index (χ3v) is 3.37. The molecule has 0 unspecified atom stereocenters. The molecule has 0 aromatic heterocycles. The van der Waals surface area contributed by atoms with Gasteiger partial charge in [-0.2, -0.15) is 0 Å². The molecule has 0 aliphatic rings. The lowest BCUT2D eigenvalue weighted by Crippen LogP contribution is -2.53. The predicted octanol–water partition coefficient (Wildman–Crippen LogP) is -1.38. The van der Waals surface area contributed by atoms with Crippen molar-refractivity contribution >= 4 is 25.2 Å². The zero-order chi connectivity index (χ0) is 14.8. The monoisotopic (exact) mass is 266 g/mol. The molecule has 0 fully saturated rings. The molecular weight excluding hydrogens is 246 g/mol. The maximum atomic E-state index is 10.0. The molecule has 0 spiro atoms. The molecule has 0 radical (unpaired) electrons. The van der Waals surface area contributed by atoms with Crippen molar-refractivity contribution in [2.75, 3.05) is 0 Å². The van der Waals surface area contributed by atoms with Crippen LogP contribution in [-0.2, 0) is 4.65 Å². The maximum Gasteiger partial charge on any atom is 0.491 e. The van der Waals surface area contributed by atoms with Crippen LogP contribution in [0.4, 0.5) is 0 Å². The molecule has 0 heterocycles. The summed E-state index contributed by atoms with van der Waals surface area (Å²) in [5.74, 6) is 0. The molecule has 0 saturated heterocycles. The van der Waals surface area contributed by atoms with E-state index in [1.807, 2.05) is 0 Å². The normalized spacial score (nSPS) is 12.4. The number of rotatable bonds is 5. The molecule has 4 N–H and O–H groups in total. The van der Waals surface area contributed by atoms with E-state index in [2.05, 4.69) is 0 Å². The second-order valence-electron chi connectivity index (χ2n) is 5.58. The average molecular weight is 266 g/mol. The first-order valence-electron chi connectivity index (χ1n) is 6.09. The quantitative estimate of drug-likeness (QED) is 0.493. The molecule has 0 saturated carbocycles. The second-order valence-corrected chi connectivity index (χ2v) is 5.58. The minimum Gasteiger partial charge on any atom is -0.423 e. The number of hydrogen-bond donors (Lipinski definition) is 4. The molecule has 0 atom stereocenters. The molecule has 0 aliphatic carbocycles. The van der Waals surface area contributed by atoms with Gasteiger partial charge in [0, 0.05) is 0 Å². The molecule has 19 heavy (non-hydrogen) atoms. The van der Waals surface area contributed by atoms with Gasteiger partial charge in [-0.3, -0.25) is 0 Å². The Balaban J connectivity index is 2.90. The van der Waals surface area contributed by atoms with Crippen LogP contribution in [0, 0.1) is 0 Å². The smallest absolute Gasteiger partial charge is 0.423 e. The highest BCUT2D eigenvalue weighted by Gasteiger charge is 2.39. The van der Waals surface area contributed by atoms with Gasteiger partial charge in [-0.25, -0.2) is 0 Å². The summed E-state index contributed by atoms with van der Waals surface area (Å²) in [4.78, 5) is 0. The fraction of sp³-hybridized carbons (Fsp3) is 0.500. The van der Waals surface area contributed by atoms with Gasteiger partial charge in [0.05, 0.1) is 11.2 Å². The molecule has 0 aliphatic heterocycles. The van der Waals surface area contributed by atoms with E-state index in [1.165, 1.54) is 12.1 Å². The first kappa shape index (κ1) is 16.2. The van der Waals surface area contributed by atoms with Crippen molar-refractivity contribution < 1.29 is 24.8 Å². The van der Waals surface area contributed by atoms with Crippen LogP contribution in [0.3, 0.4) is 0 Å². The second kappa shape index (κ2) is 5.64. The van der Waals surface area contributed by atoms with Gasteiger partial charge in [0.2, 0.25) is 0 Å². The van der Waals surface area contributed by atoms with Crippen molar-refractivity contribution in [3.05, 3.63) is 24.3 Å². The van der Waals surface area contributed by atoms with Crippen LogP contribution in [0.2, 0.25) is 0 Å². The molecule has 0 bridgehead atoms. The topological polar surface area (TPSA) is 90.2 Å². The lowest BCUT2D eigenvalue weighted by molar-refractivity contribution is -0.0982. The SMILES string of the molecule is CC(C)(O)C(C)(C)OB(O)c1cccc(B(O)O)c1. The van der Waals surface area contributed by atoms with E-state index >= 15 is 0 Å². The minimum atomic E-state index is -1.60. The van der Waals surface area contributed by atoms with Gasteiger partial charge in [-0.05, 0) is 38.6 Å². The number of hydrogen-bond acceptors (Lipinski definition) is 5. The Kier molecular flexibility index (Phi) is 4.81. The summed E-state index contributed by atoms with van der Waals surface area (Å²) in [6, 6.07) is 6.17.